The van der Waals surface area contributed by atoms with Crippen molar-refractivity contribution in [3.63, 3.8) is 0 Å². The number of piperazine rings is 3. The maximum Gasteiger partial charge on any atom is 0.194 e. The quantitative estimate of drug-likeness (QED) is 0.427. The molecule has 1 atom stereocenters. The number of guanidine groups is 1. The van der Waals surface area contributed by atoms with Crippen molar-refractivity contribution in [3.05, 3.63) is 35.9 Å². The van der Waals surface area contributed by atoms with Gasteiger partial charge in [-0.2, -0.15) is 0 Å². The predicted molar refractivity (Wildman–Crippen MR) is 111 cm³/mol. The SMILES string of the molecule is CCNC(=NCC1CN2CCN1CC2)N(C)Cc1ccccc1.I. The highest BCUT2D eigenvalue weighted by atomic mass is 127. The van der Waals surface area contributed by atoms with Gasteiger partial charge in [0.25, 0.3) is 0 Å². The second-order valence-corrected chi connectivity index (χ2v) is 6.53. The van der Waals surface area contributed by atoms with Crippen molar-refractivity contribution in [1.82, 2.24) is 20.0 Å². The average Bonchev–Trinajstić information content (AvgIpc) is 2.60. The van der Waals surface area contributed by atoms with Gasteiger partial charge in [-0.15, -0.1) is 24.0 Å². The molecule has 0 saturated carbocycles. The lowest BCUT2D eigenvalue weighted by Gasteiger charge is -2.47. The van der Waals surface area contributed by atoms with Crippen LogP contribution in [-0.4, -0.2) is 79.6 Å². The van der Waals surface area contributed by atoms with Crippen LogP contribution in [0.1, 0.15) is 12.5 Å². The zero-order chi connectivity index (χ0) is 16.1. The monoisotopic (exact) mass is 443 g/mol. The average molecular weight is 443 g/mol. The molecule has 5 nitrogen and oxygen atoms in total. The van der Waals surface area contributed by atoms with Crippen molar-refractivity contribution in [3.8, 4) is 0 Å². The molecule has 3 aliphatic rings. The third kappa shape index (κ3) is 5.07. The van der Waals surface area contributed by atoms with Gasteiger partial charge in [-0.05, 0) is 12.5 Å². The van der Waals surface area contributed by atoms with Gasteiger partial charge in [0.1, 0.15) is 0 Å². The van der Waals surface area contributed by atoms with Gasteiger partial charge in [-0.1, -0.05) is 30.3 Å². The Morgan fingerprint density at radius 1 is 1.21 bits per heavy atom. The minimum absolute atomic E-state index is 0. The van der Waals surface area contributed by atoms with Crippen LogP contribution in [0, 0.1) is 0 Å². The Labute approximate surface area is 163 Å². The minimum atomic E-state index is 0. The molecule has 4 rings (SSSR count). The van der Waals surface area contributed by atoms with Crippen LogP contribution >= 0.6 is 24.0 Å². The molecular weight excluding hydrogens is 413 g/mol. The Morgan fingerprint density at radius 2 is 1.92 bits per heavy atom. The molecule has 1 N–H and O–H groups in total. The van der Waals surface area contributed by atoms with E-state index in [-0.39, 0.29) is 24.0 Å². The molecule has 0 spiro atoms. The zero-order valence-corrected chi connectivity index (χ0v) is 17.1. The highest BCUT2D eigenvalue weighted by Crippen LogP contribution is 2.15. The fourth-order valence-electron chi connectivity index (χ4n) is 3.49. The lowest BCUT2D eigenvalue weighted by atomic mass is 10.1. The highest BCUT2D eigenvalue weighted by molar-refractivity contribution is 14.0. The first-order valence-electron chi connectivity index (χ1n) is 8.76. The zero-order valence-electron chi connectivity index (χ0n) is 14.8. The molecule has 134 valence electrons. The Balaban J connectivity index is 0.00000208. The molecule has 2 bridgehead atoms. The highest BCUT2D eigenvalue weighted by Gasteiger charge is 2.31. The standard InChI is InChI=1S/C18H29N5.HI/c1-3-19-18(21(2)14-16-7-5-4-6-8-16)20-13-17-15-22-9-11-23(17)12-10-22;/h4-8,17H,3,9-15H2,1-2H3,(H,19,20);1H. The Morgan fingerprint density at radius 3 is 2.50 bits per heavy atom. The Bertz CT molecular complexity index is 513. The first-order chi connectivity index (χ1) is 11.3. The predicted octanol–water partition coefficient (Wildman–Crippen LogP) is 1.70. The summed E-state index contributed by atoms with van der Waals surface area (Å²) in [7, 11) is 2.12. The van der Waals surface area contributed by atoms with Crippen molar-refractivity contribution >= 4 is 29.9 Å². The third-order valence-corrected chi connectivity index (χ3v) is 4.80. The molecule has 3 fully saturated rings. The molecule has 0 aromatic heterocycles. The van der Waals surface area contributed by atoms with Crippen molar-refractivity contribution in [2.24, 2.45) is 4.99 Å². The molecular formula is C18H30IN5. The molecule has 0 amide bonds. The Kier molecular flexibility index (Phi) is 7.77. The molecule has 0 aliphatic carbocycles. The van der Waals surface area contributed by atoms with Gasteiger partial charge >= 0.3 is 0 Å². The van der Waals surface area contributed by atoms with E-state index in [1.807, 2.05) is 0 Å². The number of benzene rings is 1. The second-order valence-electron chi connectivity index (χ2n) is 6.53. The van der Waals surface area contributed by atoms with E-state index in [9.17, 15) is 0 Å². The lowest BCUT2D eigenvalue weighted by Crippen LogP contribution is -2.62. The van der Waals surface area contributed by atoms with Crippen LogP contribution in [-0.2, 0) is 6.54 Å². The number of hydrogen-bond donors (Lipinski definition) is 1. The van der Waals surface area contributed by atoms with Gasteiger partial charge in [0.05, 0.1) is 6.54 Å². The number of aliphatic imine (C=N–C) groups is 1. The van der Waals surface area contributed by atoms with Crippen molar-refractivity contribution in [2.45, 2.75) is 19.5 Å². The van der Waals surface area contributed by atoms with E-state index in [1.54, 1.807) is 0 Å². The summed E-state index contributed by atoms with van der Waals surface area (Å²) < 4.78 is 0. The van der Waals surface area contributed by atoms with E-state index in [2.05, 4.69) is 64.3 Å². The van der Waals surface area contributed by atoms with E-state index in [0.29, 0.717) is 6.04 Å². The summed E-state index contributed by atoms with van der Waals surface area (Å²) >= 11 is 0. The van der Waals surface area contributed by atoms with E-state index in [4.69, 9.17) is 4.99 Å². The first kappa shape index (κ1) is 19.5. The maximum absolute atomic E-state index is 4.92. The van der Waals surface area contributed by atoms with E-state index >= 15 is 0 Å². The number of halogens is 1. The topological polar surface area (TPSA) is 34.1 Å². The van der Waals surface area contributed by atoms with Crippen molar-refractivity contribution in [1.29, 1.82) is 0 Å². The van der Waals surface area contributed by atoms with Crippen LogP contribution in [0.2, 0.25) is 0 Å². The summed E-state index contributed by atoms with van der Waals surface area (Å²) in [5.41, 5.74) is 1.31. The van der Waals surface area contributed by atoms with Crippen LogP contribution in [0.4, 0.5) is 0 Å². The van der Waals surface area contributed by atoms with Crippen LogP contribution in [0.5, 0.6) is 0 Å². The number of nitrogens with one attached hydrogen (secondary N) is 1. The van der Waals surface area contributed by atoms with Gasteiger partial charge < -0.3 is 10.2 Å². The number of rotatable bonds is 5. The van der Waals surface area contributed by atoms with Crippen LogP contribution in [0.3, 0.4) is 0 Å². The molecule has 3 heterocycles. The smallest absolute Gasteiger partial charge is 0.194 e. The van der Waals surface area contributed by atoms with E-state index < -0.39 is 0 Å². The molecule has 6 heteroatoms. The van der Waals surface area contributed by atoms with E-state index in [0.717, 1.165) is 25.6 Å². The van der Waals surface area contributed by atoms with Gasteiger partial charge in [-0.25, -0.2) is 0 Å². The summed E-state index contributed by atoms with van der Waals surface area (Å²) in [6.45, 7) is 10.8. The third-order valence-electron chi connectivity index (χ3n) is 4.80. The van der Waals surface area contributed by atoms with Crippen LogP contribution in [0.15, 0.2) is 35.3 Å². The van der Waals surface area contributed by atoms with Crippen molar-refractivity contribution < 1.29 is 0 Å². The maximum atomic E-state index is 4.92. The summed E-state index contributed by atoms with van der Waals surface area (Å²) in [5.74, 6) is 1.01. The summed E-state index contributed by atoms with van der Waals surface area (Å²) in [5, 5.41) is 3.43. The van der Waals surface area contributed by atoms with Gasteiger partial charge in [-0.3, -0.25) is 14.8 Å². The van der Waals surface area contributed by atoms with Gasteiger partial charge in [0, 0.05) is 58.9 Å². The van der Waals surface area contributed by atoms with Crippen LogP contribution in [0.25, 0.3) is 0 Å². The molecule has 24 heavy (non-hydrogen) atoms. The first-order valence-corrected chi connectivity index (χ1v) is 8.76. The minimum Gasteiger partial charge on any atom is -0.357 e. The number of hydrogen-bond acceptors (Lipinski definition) is 3. The molecule has 1 unspecified atom stereocenters. The molecule has 3 saturated heterocycles. The molecule has 1 aromatic rings. The molecule has 0 radical (unpaired) electrons. The van der Waals surface area contributed by atoms with Gasteiger partial charge in [0.2, 0.25) is 0 Å². The van der Waals surface area contributed by atoms with E-state index in [1.165, 1.54) is 38.3 Å². The number of fused-ring (bicyclic) bond motifs is 3. The summed E-state index contributed by atoms with van der Waals surface area (Å²) in [6.07, 6.45) is 0. The fraction of sp³-hybridized carbons (Fsp3) is 0.611. The van der Waals surface area contributed by atoms with Gasteiger partial charge in [0.15, 0.2) is 5.96 Å². The number of nitrogens with zero attached hydrogens (tertiary/aromatic N) is 4. The molecule has 1 aromatic carbocycles. The normalized spacial score (nSPS) is 25.9. The lowest BCUT2D eigenvalue weighted by molar-refractivity contribution is 0.0173. The summed E-state index contributed by atoms with van der Waals surface area (Å²) in [6, 6.07) is 11.2. The second kappa shape index (κ2) is 9.58. The summed E-state index contributed by atoms with van der Waals surface area (Å²) in [4.78, 5) is 12.3. The Hall–Kier alpha value is -0.860. The fourth-order valence-corrected chi connectivity index (χ4v) is 3.49. The molecule has 3 aliphatic heterocycles. The largest absolute Gasteiger partial charge is 0.357 e. The van der Waals surface area contributed by atoms with Crippen LogP contribution < -0.4 is 5.32 Å². The van der Waals surface area contributed by atoms with Crippen molar-refractivity contribution in [2.75, 3.05) is 52.9 Å².